The lowest BCUT2D eigenvalue weighted by Gasteiger charge is -2.19. The summed E-state index contributed by atoms with van der Waals surface area (Å²) in [6, 6.07) is 0. The highest BCUT2D eigenvalue weighted by atomic mass is 16.6. The summed E-state index contributed by atoms with van der Waals surface area (Å²) in [5.74, 6) is -0.377. The van der Waals surface area contributed by atoms with Gasteiger partial charge in [0.15, 0.2) is 0 Å². The topological polar surface area (TPSA) is 73.9 Å². The Bertz CT molecular complexity index is 260. The third-order valence-electron chi connectivity index (χ3n) is 1.66. The van der Waals surface area contributed by atoms with Crippen LogP contribution in [0, 0.1) is 0 Å². The van der Waals surface area contributed by atoms with Crippen LogP contribution in [0.4, 0.5) is 4.79 Å². The van der Waals surface area contributed by atoms with Crippen molar-refractivity contribution in [3.8, 4) is 0 Å². The number of carbonyl (C=O) groups excluding carboxylic acids is 2. The number of nitrogens with one attached hydrogen (secondary N) is 1. The molecular formula is C12H23NO5. The van der Waals surface area contributed by atoms with E-state index in [2.05, 4.69) is 10.1 Å². The largest absolute Gasteiger partial charge is 0.464 e. The number of hydrogen-bond acceptors (Lipinski definition) is 5. The first kappa shape index (κ1) is 16.7. The number of carbonyl (C=O) groups is 2. The standard InChI is InChI=1S/C12H23NO5/c1-5-17-10(14)9-16-8-6-7-13-11(15)18-12(2,3)4/h5-9H2,1-4H3,(H,13,15). The molecule has 1 amide bonds. The van der Waals surface area contributed by atoms with Crippen molar-refractivity contribution in [3.63, 3.8) is 0 Å². The Labute approximate surface area is 108 Å². The number of amides is 1. The van der Waals surface area contributed by atoms with Crippen LogP contribution in [0.1, 0.15) is 34.1 Å². The van der Waals surface area contributed by atoms with E-state index in [4.69, 9.17) is 9.47 Å². The van der Waals surface area contributed by atoms with Crippen LogP contribution < -0.4 is 5.32 Å². The zero-order valence-corrected chi connectivity index (χ0v) is 11.6. The SMILES string of the molecule is CCOC(=O)COCCCNC(=O)OC(C)(C)C. The van der Waals surface area contributed by atoms with Crippen molar-refractivity contribution in [1.82, 2.24) is 5.32 Å². The van der Waals surface area contributed by atoms with Gasteiger partial charge >= 0.3 is 12.1 Å². The highest BCUT2D eigenvalue weighted by Gasteiger charge is 2.15. The quantitative estimate of drug-likeness (QED) is 0.555. The first-order chi connectivity index (χ1) is 8.35. The van der Waals surface area contributed by atoms with Crippen molar-refractivity contribution in [1.29, 1.82) is 0 Å². The molecule has 106 valence electrons. The molecule has 18 heavy (non-hydrogen) atoms. The molecular weight excluding hydrogens is 238 g/mol. The van der Waals surface area contributed by atoms with Gasteiger partial charge in [-0.15, -0.1) is 0 Å². The van der Waals surface area contributed by atoms with Crippen molar-refractivity contribution in [2.45, 2.75) is 39.7 Å². The molecule has 0 radical (unpaired) electrons. The fraction of sp³-hybridized carbons (Fsp3) is 0.833. The van der Waals surface area contributed by atoms with E-state index in [1.807, 2.05) is 0 Å². The van der Waals surface area contributed by atoms with Crippen molar-refractivity contribution in [3.05, 3.63) is 0 Å². The van der Waals surface area contributed by atoms with E-state index in [9.17, 15) is 9.59 Å². The van der Waals surface area contributed by atoms with Gasteiger partial charge in [-0.25, -0.2) is 9.59 Å². The lowest BCUT2D eigenvalue weighted by atomic mass is 10.2. The summed E-state index contributed by atoms with van der Waals surface area (Å²) in [5.41, 5.74) is -0.496. The molecule has 0 spiro atoms. The van der Waals surface area contributed by atoms with Gasteiger partial charge in [0.25, 0.3) is 0 Å². The van der Waals surface area contributed by atoms with Crippen molar-refractivity contribution < 1.29 is 23.8 Å². The van der Waals surface area contributed by atoms with Crippen LogP contribution in [-0.2, 0) is 19.0 Å². The van der Waals surface area contributed by atoms with Gasteiger partial charge in [0.05, 0.1) is 6.61 Å². The highest BCUT2D eigenvalue weighted by molar-refractivity contribution is 5.70. The minimum Gasteiger partial charge on any atom is -0.464 e. The minimum atomic E-state index is -0.496. The first-order valence-corrected chi connectivity index (χ1v) is 6.05. The fourth-order valence-electron chi connectivity index (χ4n) is 1.04. The maximum absolute atomic E-state index is 11.2. The molecule has 0 aliphatic heterocycles. The summed E-state index contributed by atoms with van der Waals surface area (Å²) in [5, 5.41) is 2.60. The lowest BCUT2D eigenvalue weighted by Crippen LogP contribution is -2.33. The summed E-state index contributed by atoms with van der Waals surface area (Å²) in [6.07, 6.45) is 0.159. The van der Waals surface area contributed by atoms with Gasteiger partial charge in [-0.2, -0.15) is 0 Å². The Kier molecular flexibility index (Phi) is 8.11. The molecule has 0 saturated heterocycles. The van der Waals surface area contributed by atoms with E-state index in [0.29, 0.717) is 26.2 Å². The molecule has 0 aliphatic carbocycles. The lowest BCUT2D eigenvalue weighted by molar-refractivity contribution is -0.148. The summed E-state index contributed by atoms with van der Waals surface area (Å²) >= 11 is 0. The zero-order valence-electron chi connectivity index (χ0n) is 11.6. The predicted molar refractivity (Wildman–Crippen MR) is 66.3 cm³/mol. The number of esters is 1. The second kappa shape index (κ2) is 8.74. The van der Waals surface area contributed by atoms with Crippen molar-refractivity contribution >= 4 is 12.1 Å². The van der Waals surface area contributed by atoms with Crippen LogP contribution in [-0.4, -0.2) is 44.0 Å². The molecule has 0 bridgehead atoms. The molecule has 6 heteroatoms. The highest BCUT2D eigenvalue weighted by Crippen LogP contribution is 2.06. The van der Waals surface area contributed by atoms with Gasteiger partial charge in [-0.05, 0) is 34.1 Å². The van der Waals surface area contributed by atoms with Gasteiger partial charge in [-0.3, -0.25) is 0 Å². The van der Waals surface area contributed by atoms with Gasteiger partial charge in [0.2, 0.25) is 0 Å². The number of alkyl carbamates (subject to hydrolysis) is 1. The fourth-order valence-corrected chi connectivity index (χ4v) is 1.04. The van der Waals surface area contributed by atoms with E-state index in [1.165, 1.54) is 0 Å². The zero-order chi connectivity index (χ0) is 14.0. The molecule has 6 nitrogen and oxygen atoms in total. The van der Waals surface area contributed by atoms with Gasteiger partial charge in [0, 0.05) is 13.2 Å². The van der Waals surface area contributed by atoms with E-state index < -0.39 is 11.7 Å². The molecule has 0 aliphatic rings. The minimum absolute atomic E-state index is 0.0553. The molecule has 0 atom stereocenters. The summed E-state index contributed by atoms with van der Waals surface area (Å²) < 4.78 is 14.8. The van der Waals surface area contributed by atoms with Crippen LogP contribution >= 0.6 is 0 Å². The van der Waals surface area contributed by atoms with Gasteiger partial charge < -0.3 is 19.5 Å². The molecule has 0 fully saturated rings. The predicted octanol–water partition coefficient (Wildman–Crippen LogP) is 1.48. The third kappa shape index (κ3) is 11.2. The van der Waals surface area contributed by atoms with Crippen LogP contribution in [0.15, 0.2) is 0 Å². The Morgan fingerprint density at radius 1 is 1.22 bits per heavy atom. The Morgan fingerprint density at radius 2 is 1.89 bits per heavy atom. The summed E-state index contributed by atoms with van der Waals surface area (Å²) in [7, 11) is 0. The number of rotatable bonds is 7. The van der Waals surface area contributed by atoms with E-state index >= 15 is 0 Å². The smallest absolute Gasteiger partial charge is 0.407 e. The molecule has 0 aromatic rings. The Balaban J connectivity index is 3.41. The second-order valence-corrected chi connectivity index (χ2v) is 4.64. The average molecular weight is 261 g/mol. The van der Waals surface area contributed by atoms with E-state index in [-0.39, 0.29) is 12.6 Å². The van der Waals surface area contributed by atoms with Crippen LogP contribution in [0.25, 0.3) is 0 Å². The average Bonchev–Trinajstić information content (AvgIpc) is 2.21. The molecule has 0 heterocycles. The van der Waals surface area contributed by atoms with Crippen LogP contribution in [0.2, 0.25) is 0 Å². The maximum Gasteiger partial charge on any atom is 0.407 e. The third-order valence-corrected chi connectivity index (χ3v) is 1.66. The van der Waals surface area contributed by atoms with Crippen LogP contribution in [0.3, 0.4) is 0 Å². The second-order valence-electron chi connectivity index (χ2n) is 4.64. The normalized spacial score (nSPS) is 10.9. The first-order valence-electron chi connectivity index (χ1n) is 6.05. The van der Waals surface area contributed by atoms with E-state index in [1.54, 1.807) is 27.7 Å². The molecule has 1 N–H and O–H groups in total. The number of hydrogen-bond donors (Lipinski definition) is 1. The van der Waals surface area contributed by atoms with Crippen molar-refractivity contribution in [2.75, 3.05) is 26.4 Å². The van der Waals surface area contributed by atoms with Crippen molar-refractivity contribution in [2.24, 2.45) is 0 Å². The molecule has 0 saturated carbocycles. The van der Waals surface area contributed by atoms with Gasteiger partial charge in [0.1, 0.15) is 12.2 Å². The monoisotopic (exact) mass is 261 g/mol. The van der Waals surface area contributed by atoms with Crippen LogP contribution in [0.5, 0.6) is 0 Å². The number of ether oxygens (including phenoxy) is 3. The summed E-state index contributed by atoms with van der Waals surface area (Å²) in [4.78, 5) is 22.1. The molecule has 0 unspecified atom stereocenters. The molecule has 0 aromatic carbocycles. The van der Waals surface area contributed by atoms with E-state index in [0.717, 1.165) is 0 Å². The maximum atomic E-state index is 11.2. The Hall–Kier alpha value is -1.30. The summed E-state index contributed by atoms with van der Waals surface area (Å²) in [6.45, 7) is 8.26. The molecule has 0 aromatic heterocycles. The Morgan fingerprint density at radius 3 is 2.44 bits per heavy atom. The molecule has 0 rings (SSSR count). The van der Waals surface area contributed by atoms with Gasteiger partial charge in [-0.1, -0.05) is 0 Å².